The van der Waals surface area contributed by atoms with E-state index in [1.807, 2.05) is 47.9 Å². The molecule has 2 aromatic carbocycles. The van der Waals surface area contributed by atoms with Gasteiger partial charge in [0.1, 0.15) is 6.61 Å². The van der Waals surface area contributed by atoms with Crippen molar-refractivity contribution < 1.29 is 28.5 Å². The summed E-state index contributed by atoms with van der Waals surface area (Å²) in [6.07, 6.45) is 0. The summed E-state index contributed by atoms with van der Waals surface area (Å²) in [5.74, 6) is 1.63. The molecule has 2 heterocycles. The molecule has 0 amide bonds. The molecule has 33 heavy (non-hydrogen) atoms. The quantitative estimate of drug-likeness (QED) is 0.409. The van der Waals surface area contributed by atoms with Gasteiger partial charge in [0.05, 0.1) is 50.6 Å². The molecule has 174 valence electrons. The standard InChI is InChI=1S/C24H27N3O6/c1-14-20(23(28)33-11-10-29-2)21(15-12-18(30-3)22(32-5)19(13-15)31-4)27-17-9-7-6-8-16(17)26-24(27)25-14/h6-9,12-13,21H,10-11H2,1-5H3,(H,25,26)/t21-/m1/s1. The van der Waals surface area contributed by atoms with Crippen molar-refractivity contribution in [3.8, 4) is 17.2 Å². The van der Waals surface area contributed by atoms with Crippen molar-refractivity contribution in [2.24, 2.45) is 0 Å². The summed E-state index contributed by atoms with van der Waals surface area (Å²) in [7, 11) is 6.23. The number of aromatic nitrogens is 2. The summed E-state index contributed by atoms with van der Waals surface area (Å²) in [5, 5.41) is 3.26. The number of para-hydroxylation sites is 2. The van der Waals surface area contributed by atoms with Gasteiger partial charge in [-0.3, -0.25) is 4.57 Å². The van der Waals surface area contributed by atoms with Gasteiger partial charge in [-0.1, -0.05) is 12.1 Å². The van der Waals surface area contributed by atoms with E-state index in [0.717, 1.165) is 16.6 Å². The first kappa shape index (κ1) is 22.5. The fraction of sp³-hybridized carbons (Fsp3) is 0.333. The van der Waals surface area contributed by atoms with Crippen LogP contribution in [0.25, 0.3) is 11.0 Å². The van der Waals surface area contributed by atoms with Gasteiger partial charge in [-0.25, -0.2) is 9.78 Å². The van der Waals surface area contributed by atoms with Crippen LogP contribution in [0.4, 0.5) is 5.95 Å². The molecule has 0 aliphatic carbocycles. The number of imidazole rings is 1. The first-order valence-corrected chi connectivity index (χ1v) is 10.4. The molecule has 0 bridgehead atoms. The number of ether oxygens (including phenoxy) is 5. The number of nitrogens with zero attached hydrogens (tertiary/aromatic N) is 2. The second-order valence-electron chi connectivity index (χ2n) is 7.45. The molecule has 3 aromatic rings. The van der Waals surface area contributed by atoms with E-state index in [0.29, 0.717) is 41.1 Å². The zero-order valence-corrected chi connectivity index (χ0v) is 19.3. The summed E-state index contributed by atoms with van der Waals surface area (Å²) < 4.78 is 29.2. The van der Waals surface area contributed by atoms with E-state index in [4.69, 9.17) is 28.7 Å². The summed E-state index contributed by atoms with van der Waals surface area (Å²) in [5.41, 5.74) is 3.54. The van der Waals surface area contributed by atoms with Gasteiger partial charge >= 0.3 is 5.97 Å². The lowest BCUT2D eigenvalue weighted by Gasteiger charge is -2.30. The van der Waals surface area contributed by atoms with Gasteiger partial charge in [-0.15, -0.1) is 0 Å². The topological polar surface area (TPSA) is 93.1 Å². The molecule has 0 saturated carbocycles. The molecule has 1 N–H and O–H groups in total. The summed E-state index contributed by atoms with van der Waals surface area (Å²) in [6, 6.07) is 10.9. The van der Waals surface area contributed by atoms with E-state index >= 15 is 0 Å². The van der Waals surface area contributed by atoms with Crippen molar-refractivity contribution >= 4 is 23.0 Å². The Hall–Kier alpha value is -3.72. The molecule has 1 aliphatic heterocycles. The lowest BCUT2D eigenvalue weighted by atomic mass is 9.94. The molecule has 1 aliphatic rings. The molecule has 0 spiro atoms. The fourth-order valence-electron chi connectivity index (χ4n) is 4.10. The highest BCUT2D eigenvalue weighted by Crippen LogP contribution is 2.45. The Balaban J connectivity index is 1.94. The van der Waals surface area contributed by atoms with Crippen LogP contribution in [0.1, 0.15) is 18.5 Å². The van der Waals surface area contributed by atoms with Crippen LogP contribution in [0.15, 0.2) is 47.7 Å². The lowest BCUT2D eigenvalue weighted by Crippen LogP contribution is -2.29. The monoisotopic (exact) mass is 453 g/mol. The Labute approximate surface area is 191 Å². The molecule has 4 rings (SSSR count). The van der Waals surface area contributed by atoms with Crippen LogP contribution in [-0.4, -0.2) is 57.2 Å². The molecule has 1 atom stereocenters. The average molecular weight is 453 g/mol. The van der Waals surface area contributed by atoms with Gasteiger partial charge in [0, 0.05) is 12.8 Å². The number of anilines is 1. The minimum absolute atomic E-state index is 0.144. The third-order valence-electron chi connectivity index (χ3n) is 5.57. The third-order valence-corrected chi connectivity index (χ3v) is 5.57. The molecule has 0 fully saturated rings. The fourth-order valence-corrected chi connectivity index (χ4v) is 4.10. The average Bonchev–Trinajstić information content (AvgIpc) is 3.19. The van der Waals surface area contributed by atoms with Gasteiger partial charge in [0.2, 0.25) is 11.7 Å². The smallest absolute Gasteiger partial charge is 0.338 e. The zero-order valence-electron chi connectivity index (χ0n) is 19.3. The Morgan fingerprint density at radius 3 is 2.36 bits per heavy atom. The molecule has 0 unspecified atom stereocenters. The number of rotatable bonds is 8. The number of esters is 1. The number of carbonyl (C=O) groups is 1. The number of hydrogen-bond acceptors (Lipinski definition) is 8. The Morgan fingerprint density at radius 1 is 1.03 bits per heavy atom. The van der Waals surface area contributed by atoms with E-state index in [9.17, 15) is 4.79 Å². The maximum Gasteiger partial charge on any atom is 0.338 e. The second-order valence-corrected chi connectivity index (χ2v) is 7.45. The van der Waals surface area contributed by atoms with Crippen molar-refractivity contribution in [3.05, 3.63) is 53.2 Å². The Kier molecular flexibility index (Phi) is 6.41. The number of nitrogens with one attached hydrogen (secondary N) is 1. The number of fused-ring (bicyclic) bond motifs is 3. The van der Waals surface area contributed by atoms with E-state index in [1.54, 1.807) is 28.4 Å². The molecular weight excluding hydrogens is 426 g/mol. The van der Waals surface area contributed by atoms with Crippen molar-refractivity contribution in [1.82, 2.24) is 9.55 Å². The second kappa shape index (κ2) is 9.41. The number of carbonyl (C=O) groups excluding carboxylic acids is 1. The zero-order chi connectivity index (χ0) is 23.5. The predicted octanol–water partition coefficient (Wildman–Crippen LogP) is 3.54. The SMILES string of the molecule is COCCOC(=O)C1=C(C)Nc2nc3ccccc3n2[C@@H]1c1cc(OC)c(OC)c(OC)c1. The Bertz CT molecular complexity index is 1190. The van der Waals surface area contributed by atoms with Crippen molar-refractivity contribution in [2.45, 2.75) is 13.0 Å². The maximum atomic E-state index is 13.3. The highest BCUT2D eigenvalue weighted by Gasteiger charge is 2.36. The minimum atomic E-state index is -0.544. The first-order valence-electron chi connectivity index (χ1n) is 10.4. The molecule has 9 nitrogen and oxygen atoms in total. The van der Waals surface area contributed by atoms with Crippen LogP contribution in [0.3, 0.4) is 0 Å². The lowest BCUT2D eigenvalue weighted by molar-refractivity contribution is -0.140. The number of benzene rings is 2. The maximum absolute atomic E-state index is 13.3. The number of methoxy groups -OCH3 is 4. The van der Waals surface area contributed by atoms with E-state index in [-0.39, 0.29) is 6.61 Å². The first-order chi connectivity index (χ1) is 16.0. The van der Waals surface area contributed by atoms with Crippen LogP contribution in [0.5, 0.6) is 17.2 Å². The molecule has 0 radical (unpaired) electrons. The largest absolute Gasteiger partial charge is 0.493 e. The van der Waals surface area contributed by atoms with E-state index < -0.39 is 12.0 Å². The van der Waals surface area contributed by atoms with Gasteiger partial charge in [0.15, 0.2) is 11.5 Å². The highest BCUT2D eigenvalue weighted by atomic mass is 16.6. The van der Waals surface area contributed by atoms with Gasteiger partial charge in [-0.05, 0) is 36.8 Å². The van der Waals surface area contributed by atoms with E-state index in [2.05, 4.69) is 5.32 Å². The predicted molar refractivity (Wildman–Crippen MR) is 123 cm³/mol. The third kappa shape index (κ3) is 3.95. The van der Waals surface area contributed by atoms with Crippen LogP contribution in [0, 0.1) is 0 Å². The van der Waals surface area contributed by atoms with Crippen LogP contribution in [-0.2, 0) is 14.3 Å². The molecular formula is C24H27N3O6. The van der Waals surface area contributed by atoms with Crippen LogP contribution >= 0.6 is 0 Å². The van der Waals surface area contributed by atoms with Crippen molar-refractivity contribution in [2.75, 3.05) is 47.0 Å². The van der Waals surface area contributed by atoms with Gasteiger partial charge < -0.3 is 29.0 Å². The van der Waals surface area contributed by atoms with Crippen LogP contribution < -0.4 is 19.5 Å². The molecule has 0 saturated heterocycles. The highest BCUT2D eigenvalue weighted by molar-refractivity contribution is 5.94. The summed E-state index contributed by atoms with van der Waals surface area (Å²) >= 11 is 0. The normalized spacial score (nSPS) is 15.1. The summed E-state index contributed by atoms with van der Waals surface area (Å²) in [4.78, 5) is 18.0. The van der Waals surface area contributed by atoms with Crippen molar-refractivity contribution in [1.29, 1.82) is 0 Å². The minimum Gasteiger partial charge on any atom is -0.493 e. The van der Waals surface area contributed by atoms with E-state index in [1.165, 1.54) is 0 Å². The number of allylic oxidation sites excluding steroid dienone is 1. The molecule has 9 heteroatoms. The van der Waals surface area contributed by atoms with Crippen LogP contribution in [0.2, 0.25) is 0 Å². The number of hydrogen-bond donors (Lipinski definition) is 1. The summed E-state index contributed by atoms with van der Waals surface area (Å²) in [6.45, 7) is 2.28. The van der Waals surface area contributed by atoms with Gasteiger partial charge in [0.25, 0.3) is 0 Å². The van der Waals surface area contributed by atoms with Crippen molar-refractivity contribution in [3.63, 3.8) is 0 Å². The Morgan fingerprint density at radius 2 is 1.73 bits per heavy atom. The van der Waals surface area contributed by atoms with Gasteiger partial charge in [-0.2, -0.15) is 0 Å². The molecule has 1 aromatic heterocycles.